The van der Waals surface area contributed by atoms with E-state index in [0.717, 1.165) is 12.1 Å². The van der Waals surface area contributed by atoms with Crippen LogP contribution in [0.1, 0.15) is 23.1 Å². The van der Waals surface area contributed by atoms with E-state index in [0.29, 0.717) is 35.9 Å². The van der Waals surface area contributed by atoms with Gasteiger partial charge in [-0.2, -0.15) is 5.10 Å². The van der Waals surface area contributed by atoms with Crippen molar-refractivity contribution in [3.05, 3.63) is 58.3 Å². The van der Waals surface area contributed by atoms with E-state index in [1.807, 2.05) is 31.2 Å². The molecule has 27 heavy (non-hydrogen) atoms. The third-order valence-electron chi connectivity index (χ3n) is 4.05. The van der Waals surface area contributed by atoms with Gasteiger partial charge in [0.15, 0.2) is 0 Å². The van der Waals surface area contributed by atoms with Gasteiger partial charge in [-0.1, -0.05) is 12.1 Å². The van der Waals surface area contributed by atoms with Crippen molar-refractivity contribution in [2.45, 2.75) is 13.3 Å². The highest BCUT2D eigenvalue weighted by atomic mass is 16.2. The first kappa shape index (κ1) is 18.3. The van der Waals surface area contributed by atoms with Crippen LogP contribution in [0.15, 0.2) is 41.2 Å². The normalized spacial score (nSPS) is 10.6. The molecule has 0 bridgehead atoms. The Labute approximate surface area is 155 Å². The maximum absolute atomic E-state index is 12.4. The van der Waals surface area contributed by atoms with Crippen molar-refractivity contribution in [3.8, 4) is 11.3 Å². The summed E-state index contributed by atoms with van der Waals surface area (Å²) in [7, 11) is 1.63. The number of aromatic nitrogens is 5. The number of amides is 1. The zero-order chi connectivity index (χ0) is 19.2. The fourth-order valence-electron chi connectivity index (χ4n) is 2.57. The van der Waals surface area contributed by atoms with E-state index in [-0.39, 0.29) is 11.6 Å². The second kappa shape index (κ2) is 8.26. The molecule has 140 valence electrons. The molecule has 0 radical (unpaired) electrons. The van der Waals surface area contributed by atoms with Crippen LogP contribution in [0.5, 0.6) is 0 Å². The standard InChI is InChI=1S/C18H21N7O2/c1-3-19-15-8-7-14(21-22-15)12-5-4-6-13(11-12)17(26)20-10-9-16-23-24-18(27)25(16)2/h4-8,11H,3,9-10H2,1-2H3,(H,19,22)(H,20,26)(H,24,27). The van der Waals surface area contributed by atoms with Crippen LogP contribution in [0, 0.1) is 0 Å². The number of anilines is 1. The third-order valence-corrected chi connectivity index (χ3v) is 4.05. The molecule has 9 heteroatoms. The van der Waals surface area contributed by atoms with Crippen LogP contribution in [0.3, 0.4) is 0 Å². The van der Waals surface area contributed by atoms with Crippen LogP contribution in [-0.2, 0) is 13.5 Å². The van der Waals surface area contributed by atoms with Gasteiger partial charge in [0.05, 0.1) is 5.69 Å². The molecule has 0 aliphatic carbocycles. The van der Waals surface area contributed by atoms with Crippen LogP contribution in [-0.4, -0.2) is 44.0 Å². The zero-order valence-electron chi connectivity index (χ0n) is 15.2. The van der Waals surface area contributed by atoms with Crippen molar-refractivity contribution in [3.63, 3.8) is 0 Å². The van der Waals surface area contributed by atoms with Crippen LogP contribution in [0.2, 0.25) is 0 Å². The van der Waals surface area contributed by atoms with Crippen molar-refractivity contribution in [1.29, 1.82) is 0 Å². The van der Waals surface area contributed by atoms with Crippen molar-refractivity contribution < 1.29 is 4.79 Å². The Hall–Kier alpha value is -3.49. The molecule has 0 unspecified atom stereocenters. The number of nitrogens with one attached hydrogen (secondary N) is 3. The number of benzene rings is 1. The van der Waals surface area contributed by atoms with Crippen LogP contribution in [0.25, 0.3) is 11.3 Å². The minimum atomic E-state index is -0.273. The Morgan fingerprint density at radius 2 is 2.07 bits per heavy atom. The zero-order valence-corrected chi connectivity index (χ0v) is 15.2. The van der Waals surface area contributed by atoms with Gasteiger partial charge >= 0.3 is 5.69 Å². The molecule has 9 nitrogen and oxygen atoms in total. The number of hydrogen-bond donors (Lipinski definition) is 3. The predicted octanol–water partition coefficient (Wildman–Crippen LogP) is 0.970. The number of rotatable bonds is 7. The lowest BCUT2D eigenvalue weighted by atomic mass is 10.1. The number of carbonyl (C=O) groups is 1. The Morgan fingerprint density at radius 3 is 2.74 bits per heavy atom. The Kier molecular flexibility index (Phi) is 5.60. The SMILES string of the molecule is CCNc1ccc(-c2cccc(C(=O)NCCc3n[nH]c(=O)n3C)c2)nn1. The smallest absolute Gasteiger partial charge is 0.343 e. The van der Waals surface area contributed by atoms with Crippen LogP contribution in [0.4, 0.5) is 5.82 Å². The monoisotopic (exact) mass is 367 g/mol. The quantitative estimate of drug-likeness (QED) is 0.573. The van der Waals surface area contributed by atoms with Gasteiger partial charge in [-0.3, -0.25) is 9.36 Å². The minimum absolute atomic E-state index is 0.199. The first-order valence-corrected chi connectivity index (χ1v) is 8.65. The lowest BCUT2D eigenvalue weighted by Crippen LogP contribution is -2.27. The fraction of sp³-hybridized carbons (Fsp3) is 0.278. The van der Waals surface area contributed by atoms with Gasteiger partial charge in [0, 0.05) is 37.7 Å². The number of hydrogen-bond acceptors (Lipinski definition) is 6. The molecule has 2 aromatic heterocycles. The number of carbonyl (C=O) groups excluding carboxylic acids is 1. The van der Waals surface area contributed by atoms with E-state index in [1.54, 1.807) is 19.2 Å². The number of H-pyrrole nitrogens is 1. The van der Waals surface area contributed by atoms with Gasteiger partial charge in [-0.05, 0) is 31.2 Å². The lowest BCUT2D eigenvalue weighted by molar-refractivity contribution is 0.0954. The molecule has 0 spiro atoms. The first-order chi connectivity index (χ1) is 13.1. The molecule has 0 saturated heterocycles. The van der Waals surface area contributed by atoms with E-state index in [4.69, 9.17) is 0 Å². The van der Waals surface area contributed by atoms with Crippen LogP contribution < -0.4 is 16.3 Å². The molecule has 0 fully saturated rings. The summed E-state index contributed by atoms with van der Waals surface area (Å²) in [5.41, 5.74) is 1.76. The van der Waals surface area contributed by atoms with E-state index >= 15 is 0 Å². The van der Waals surface area contributed by atoms with E-state index < -0.39 is 0 Å². The molecule has 0 saturated carbocycles. The Bertz CT molecular complexity index is 976. The van der Waals surface area contributed by atoms with E-state index in [1.165, 1.54) is 4.57 Å². The molecule has 3 rings (SSSR count). The van der Waals surface area contributed by atoms with Crippen molar-refractivity contribution in [1.82, 2.24) is 30.3 Å². The predicted molar refractivity (Wildman–Crippen MR) is 101 cm³/mol. The molecule has 0 aliphatic heterocycles. The van der Waals surface area contributed by atoms with Gasteiger partial charge in [0.25, 0.3) is 5.91 Å². The molecule has 0 aliphatic rings. The Morgan fingerprint density at radius 1 is 1.22 bits per heavy atom. The van der Waals surface area contributed by atoms with Crippen LogP contribution >= 0.6 is 0 Å². The summed E-state index contributed by atoms with van der Waals surface area (Å²) in [6, 6.07) is 10.9. The van der Waals surface area contributed by atoms with Gasteiger partial charge in [-0.15, -0.1) is 10.2 Å². The maximum Gasteiger partial charge on any atom is 0.343 e. The summed E-state index contributed by atoms with van der Waals surface area (Å²) in [5.74, 6) is 1.10. The summed E-state index contributed by atoms with van der Waals surface area (Å²) in [5, 5.41) is 20.5. The number of nitrogens with zero attached hydrogens (tertiary/aromatic N) is 4. The number of aromatic amines is 1. The second-order valence-electron chi connectivity index (χ2n) is 5.92. The highest BCUT2D eigenvalue weighted by Crippen LogP contribution is 2.18. The minimum Gasteiger partial charge on any atom is -0.369 e. The van der Waals surface area contributed by atoms with E-state index in [9.17, 15) is 9.59 Å². The largest absolute Gasteiger partial charge is 0.369 e. The highest BCUT2D eigenvalue weighted by molar-refractivity contribution is 5.95. The van der Waals surface area contributed by atoms with E-state index in [2.05, 4.69) is 31.0 Å². The Balaban J connectivity index is 1.64. The summed E-state index contributed by atoms with van der Waals surface area (Å²) in [6.07, 6.45) is 0.456. The molecule has 3 aromatic rings. The topological polar surface area (TPSA) is 118 Å². The maximum atomic E-state index is 12.4. The molecule has 3 N–H and O–H groups in total. The lowest BCUT2D eigenvalue weighted by Gasteiger charge is -2.07. The van der Waals surface area contributed by atoms with Crippen molar-refractivity contribution in [2.75, 3.05) is 18.4 Å². The fourth-order valence-corrected chi connectivity index (χ4v) is 2.57. The molecule has 1 aromatic carbocycles. The first-order valence-electron chi connectivity index (χ1n) is 8.65. The molecule has 2 heterocycles. The summed E-state index contributed by atoms with van der Waals surface area (Å²) < 4.78 is 1.42. The second-order valence-corrected chi connectivity index (χ2v) is 5.92. The third kappa shape index (κ3) is 4.38. The van der Waals surface area contributed by atoms with Gasteiger partial charge < -0.3 is 10.6 Å². The molecular formula is C18H21N7O2. The van der Waals surface area contributed by atoms with Gasteiger partial charge in [-0.25, -0.2) is 9.89 Å². The van der Waals surface area contributed by atoms with Gasteiger partial charge in [0.1, 0.15) is 11.6 Å². The van der Waals surface area contributed by atoms with Crippen molar-refractivity contribution in [2.24, 2.45) is 7.05 Å². The average Bonchev–Trinajstić information content (AvgIpc) is 3.01. The summed E-state index contributed by atoms with van der Waals surface area (Å²) >= 11 is 0. The van der Waals surface area contributed by atoms with Gasteiger partial charge in [0.2, 0.25) is 0 Å². The molecular weight excluding hydrogens is 346 g/mol. The average molecular weight is 367 g/mol. The molecule has 1 amide bonds. The summed E-state index contributed by atoms with van der Waals surface area (Å²) in [6.45, 7) is 3.14. The summed E-state index contributed by atoms with van der Waals surface area (Å²) in [4.78, 5) is 23.7. The van der Waals surface area contributed by atoms with Crippen molar-refractivity contribution >= 4 is 11.7 Å². The highest BCUT2D eigenvalue weighted by Gasteiger charge is 2.09. The molecule has 0 atom stereocenters.